The maximum atomic E-state index is 4.96. The van der Waals surface area contributed by atoms with E-state index < -0.39 is 0 Å². The molecule has 1 saturated carbocycles. The molecular weight excluding hydrogens is 258 g/mol. The maximum absolute atomic E-state index is 4.96. The molecule has 1 aromatic carbocycles. The minimum Gasteiger partial charge on any atom is -0.370 e. The zero-order valence-corrected chi connectivity index (χ0v) is 12.7. The van der Waals surface area contributed by atoms with Crippen LogP contribution in [0.5, 0.6) is 0 Å². The van der Waals surface area contributed by atoms with Gasteiger partial charge in [0.05, 0.1) is 11.7 Å². The second kappa shape index (κ2) is 5.21. The van der Waals surface area contributed by atoms with E-state index in [1.165, 1.54) is 49.0 Å². The fourth-order valence-electron chi connectivity index (χ4n) is 4.02. The van der Waals surface area contributed by atoms with Crippen molar-refractivity contribution >= 4 is 5.82 Å². The van der Waals surface area contributed by atoms with Crippen molar-refractivity contribution in [3.8, 4) is 11.3 Å². The van der Waals surface area contributed by atoms with Gasteiger partial charge < -0.3 is 5.32 Å². The van der Waals surface area contributed by atoms with Crippen molar-refractivity contribution in [2.75, 3.05) is 11.9 Å². The summed E-state index contributed by atoms with van der Waals surface area (Å²) in [6, 6.07) is 11.4. The van der Waals surface area contributed by atoms with Crippen molar-refractivity contribution in [2.45, 2.75) is 45.1 Å². The standard InChI is InChI=1S/C18H23N3/c1-13-6-2-5-9-15(13)16-12-18-19-11-10-17(21(18)20-16)14-7-3-4-8-14/h2,5-6,9,12,14,17,19H,3-4,7-8,10-11H2,1H3. The molecule has 2 aliphatic rings. The highest BCUT2D eigenvalue weighted by Crippen LogP contribution is 2.40. The summed E-state index contributed by atoms with van der Waals surface area (Å²) in [5, 5.41) is 8.49. The highest BCUT2D eigenvalue weighted by atomic mass is 15.4. The Morgan fingerprint density at radius 2 is 1.95 bits per heavy atom. The number of hydrogen-bond donors (Lipinski definition) is 1. The van der Waals surface area contributed by atoms with Crippen LogP contribution in [0.1, 0.15) is 43.7 Å². The Labute approximate surface area is 126 Å². The second-order valence-electron chi connectivity index (χ2n) is 6.50. The van der Waals surface area contributed by atoms with Crippen LogP contribution in [-0.2, 0) is 0 Å². The monoisotopic (exact) mass is 281 g/mol. The first kappa shape index (κ1) is 12.9. The molecule has 0 spiro atoms. The SMILES string of the molecule is Cc1ccccc1-c1cc2n(n1)C(C1CCCC1)CCN2. The second-order valence-corrected chi connectivity index (χ2v) is 6.50. The summed E-state index contributed by atoms with van der Waals surface area (Å²) in [4.78, 5) is 0. The number of benzene rings is 1. The molecule has 110 valence electrons. The quantitative estimate of drug-likeness (QED) is 0.884. The van der Waals surface area contributed by atoms with Crippen molar-refractivity contribution in [1.29, 1.82) is 0 Å². The van der Waals surface area contributed by atoms with Gasteiger partial charge in [-0.05, 0) is 37.7 Å². The number of anilines is 1. The van der Waals surface area contributed by atoms with Gasteiger partial charge in [-0.2, -0.15) is 5.10 Å². The molecule has 0 bridgehead atoms. The van der Waals surface area contributed by atoms with Crippen molar-refractivity contribution in [2.24, 2.45) is 5.92 Å². The van der Waals surface area contributed by atoms with Crippen LogP contribution < -0.4 is 5.32 Å². The van der Waals surface area contributed by atoms with E-state index in [0.29, 0.717) is 6.04 Å². The highest BCUT2D eigenvalue weighted by Gasteiger charge is 2.31. The fourth-order valence-corrected chi connectivity index (χ4v) is 4.02. The summed E-state index contributed by atoms with van der Waals surface area (Å²) in [5.41, 5.74) is 3.66. The van der Waals surface area contributed by atoms with Crippen LogP contribution in [0.3, 0.4) is 0 Å². The lowest BCUT2D eigenvalue weighted by atomic mass is 9.94. The highest BCUT2D eigenvalue weighted by molar-refractivity contribution is 5.66. The van der Waals surface area contributed by atoms with Gasteiger partial charge in [0.2, 0.25) is 0 Å². The van der Waals surface area contributed by atoms with E-state index in [4.69, 9.17) is 5.10 Å². The fraction of sp³-hybridized carbons (Fsp3) is 0.500. The van der Waals surface area contributed by atoms with Gasteiger partial charge in [0.25, 0.3) is 0 Å². The van der Waals surface area contributed by atoms with E-state index in [1.54, 1.807) is 0 Å². The topological polar surface area (TPSA) is 29.9 Å². The van der Waals surface area contributed by atoms with E-state index >= 15 is 0 Å². The van der Waals surface area contributed by atoms with Crippen LogP contribution in [0.25, 0.3) is 11.3 Å². The largest absolute Gasteiger partial charge is 0.370 e. The molecule has 1 aliphatic heterocycles. The Balaban J connectivity index is 1.72. The molecule has 2 heterocycles. The van der Waals surface area contributed by atoms with Gasteiger partial charge >= 0.3 is 0 Å². The van der Waals surface area contributed by atoms with Gasteiger partial charge in [0.15, 0.2) is 0 Å². The molecule has 4 rings (SSSR count). The minimum atomic E-state index is 0.599. The number of rotatable bonds is 2. The summed E-state index contributed by atoms with van der Waals surface area (Å²) in [6.45, 7) is 3.25. The van der Waals surface area contributed by atoms with Gasteiger partial charge in [0, 0.05) is 18.2 Å². The normalized spacial score (nSPS) is 22.0. The Morgan fingerprint density at radius 3 is 2.76 bits per heavy atom. The molecule has 1 aliphatic carbocycles. The third-order valence-electron chi connectivity index (χ3n) is 5.16. The maximum Gasteiger partial charge on any atom is 0.125 e. The van der Waals surface area contributed by atoms with E-state index in [0.717, 1.165) is 18.2 Å². The van der Waals surface area contributed by atoms with Gasteiger partial charge in [-0.1, -0.05) is 37.1 Å². The van der Waals surface area contributed by atoms with Crippen LogP contribution in [0, 0.1) is 12.8 Å². The van der Waals surface area contributed by atoms with Gasteiger partial charge in [0.1, 0.15) is 5.82 Å². The Bertz CT molecular complexity index is 638. The number of aromatic nitrogens is 2. The first-order valence-corrected chi connectivity index (χ1v) is 8.22. The molecule has 0 saturated heterocycles. The smallest absolute Gasteiger partial charge is 0.125 e. The average Bonchev–Trinajstić information content (AvgIpc) is 3.16. The number of nitrogens with one attached hydrogen (secondary N) is 1. The zero-order chi connectivity index (χ0) is 14.2. The molecule has 1 aromatic heterocycles. The van der Waals surface area contributed by atoms with Gasteiger partial charge in [-0.3, -0.25) is 0 Å². The molecule has 0 radical (unpaired) electrons. The molecular formula is C18H23N3. The Morgan fingerprint density at radius 1 is 1.14 bits per heavy atom. The van der Waals surface area contributed by atoms with Crippen LogP contribution in [0.2, 0.25) is 0 Å². The summed E-state index contributed by atoms with van der Waals surface area (Å²) >= 11 is 0. The average molecular weight is 281 g/mol. The van der Waals surface area contributed by atoms with Crippen molar-refractivity contribution in [3.05, 3.63) is 35.9 Å². The summed E-state index contributed by atoms with van der Waals surface area (Å²) in [6.07, 6.45) is 6.77. The Hall–Kier alpha value is -1.77. The van der Waals surface area contributed by atoms with Crippen LogP contribution in [-0.4, -0.2) is 16.3 Å². The lowest BCUT2D eigenvalue weighted by Gasteiger charge is -2.30. The lowest BCUT2D eigenvalue weighted by Crippen LogP contribution is -2.28. The van der Waals surface area contributed by atoms with Crippen LogP contribution >= 0.6 is 0 Å². The molecule has 3 nitrogen and oxygen atoms in total. The van der Waals surface area contributed by atoms with Gasteiger partial charge in [-0.25, -0.2) is 4.68 Å². The molecule has 0 amide bonds. The van der Waals surface area contributed by atoms with Crippen LogP contribution in [0.15, 0.2) is 30.3 Å². The third-order valence-corrected chi connectivity index (χ3v) is 5.16. The predicted octanol–water partition coefficient (Wildman–Crippen LogP) is 4.41. The number of nitrogens with zero attached hydrogens (tertiary/aromatic N) is 2. The number of aryl methyl sites for hydroxylation is 1. The van der Waals surface area contributed by atoms with Crippen molar-refractivity contribution < 1.29 is 0 Å². The number of hydrogen-bond acceptors (Lipinski definition) is 2. The third kappa shape index (κ3) is 2.25. The van der Waals surface area contributed by atoms with E-state index in [9.17, 15) is 0 Å². The molecule has 1 unspecified atom stereocenters. The summed E-state index contributed by atoms with van der Waals surface area (Å²) in [7, 11) is 0. The molecule has 3 heteroatoms. The summed E-state index contributed by atoms with van der Waals surface area (Å²) < 4.78 is 2.28. The Kier molecular flexibility index (Phi) is 3.21. The predicted molar refractivity (Wildman–Crippen MR) is 86.5 cm³/mol. The van der Waals surface area contributed by atoms with E-state index in [1.807, 2.05) is 0 Å². The molecule has 1 fully saturated rings. The molecule has 1 N–H and O–H groups in total. The first-order chi connectivity index (χ1) is 10.3. The van der Waals surface area contributed by atoms with Crippen molar-refractivity contribution in [3.63, 3.8) is 0 Å². The number of fused-ring (bicyclic) bond motifs is 1. The van der Waals surface area contributed by atoms with Crippen LogP contribution in [0.4, 0.5) is 5.82 Å². The van der Waals surface area contributed by atoms with E-state index in [2.05, 4.69) is 47.3 Å². The van der Waals surface area contributed by atoms with Gasteiger partial charge in [-0.15, -0.1) is 0 Å². The first-order valence-electron chi connectivity index (χ1n) is 8.22. The summed E-state index contributed by atoms with van der Waals surface area (Å²) in [5.74, 6) is 2.03. The lowest BCUT2D eigenvalue weighted by molar-refractivity contribution is 0.290. The molecule has 21 heavy (non-hydrogen) atoms. The van der Waals surface area contributed by atoms with E-state index in [-0.39, 0.29) is 0 Å². The molecule has 1 atom stereocenters. The molecule has 2 aromatic rings. The minimum absolute atomic E-state index is 0.599. The zero-order valence-electron chi connectivity index (χ0n) is 12.7. The van der Waals surface area contributed by atoms with Crippen molar-refractivity contribution in [1.82, 2.24) is 9.78 Å².